The third kappa shape index (κ3) is 5.13. The zero-order valence-corrected chi connectivity index (χ0v) is 18.9. The van der Waals surface area contributed by atoms with Crippen LogP contribution in [0.5, 0.6) is 0 Å². The van der Waals surface area contributed by atoms with Gasteiger partial charge in [0.05, 0.1) is 0 Å². The molecule has 5 nitrogen and oxygen atoms in total. The van der Waals surface area contributed by atoms with Crippen molar-refractivity contribution in [2.45, 2.75) is 45.1 Å². The second-order valence-electron chi connectivity index (χ2n) is 9.16. The summed E-state index contributed by atoms with van der Waals surface area (Å²) in [7, 11) is 4.12. The van der Waals surface area contributed by atoms with Gasteiger partial charge in [0.2, 0.25) is 17.5 Å². The molecule has 0 N–H and O–H groups in total. The van der Waals surface area contributed by atoms with Crippen LogP contribution < -0.4 is 0 Å². The van der Waals surface area contributed by atoms with Gasteiger partial charge in [0.15, 0.2) is 0 Å². The number of benzene rings is 2. The first-order valence-corrected chi connectivity index (χ1v) is 11.3. The van der Waals surface area contributed by atoms with Gasteiger partial charge in [-0.2, -0.15) is 4.98 Å². The summed E-state index contributed by atoms with van der Waals surface area (Å²) in [5, 5.41) is 3.92. The molecule has 6 heteroatoms. The molecule has 1 fully saturated rings. The van der Waals surface area contributed by atoms with Crippen LogP contribution in [0.25, 0.3) is 0 Å². The Hall–Kier alpha value is -2.86. The summed E-state index contributed by atoms with van der Waals surface area (Å²) < 4.78 is 19.2. The van der Waals surface area contributed by atoms with Gasteiger partial charge in [0.25, 0.3) is 0 Å². The molecule has 0 bridgehead atoms. The van der Waals surface area contributed by atoms with Crippen LogP contribution in [0.4, 0.5) is 4.39 Å². The number of hydrogen-bond donors (Lipinski definition) is 0. The van der Waals surface area contributed by atoms with Gasteiger partial charge in [0, 0.05) is 18.0 Å². The molecule has 0 aliphatic heterocycles. The highest BCUT2D eigenvalue weighted by Crippen LogP contribution is 2.40. The Labute approximate surface area is 188 Å². The van der Waals surface area contributed by atoms with E-state index in [9.17, 15) is 9.18 Å². The van der Waals surface area contributed by atoms with Gasteiger partial charge in [-0.3, -0.25) is 4.79 Å². The quantitative estimate of drug-likeness (QED) is 0.465. The van der Waals surface area contributed by atoms with Crippen molar-refractivity contribution in [2.24, 2.45) is 11.8 Å². The molecule has 3 aromatic rings. The van der Waals surface area contributed by atoms with E-state index in [-0.39, 0.29) is 23.5 Å². The molecule has 2 aromatic carbocycles. The maximum Gasteiger partial charge on any atom is 0.243 e. The summed E-state index contributed by atoms with van der Waals surface area (Å²) in [6.07, 6.45) is 4.91. The van der Waals surface area contributed by atoms with E-state index in [1.807, 2.05) is 31.2 Å². The zero-order chi connectivity index (χ0) is 22.7. The molecule has 0 saturated heterocycles. The number of rotatable bonds is 7. The molecule has 0 radical (unpaired) electrons. The molecule has 1 aromatic heterocycles. The highest BCUT2D eigenvalue weighted by atomic mass is 19.1. The van der Waals surface area contributed by atoms with Crippen molar-refractivity contribution in [3.05, 3.63) is 82.8 Å². The van der Waals surface area contributed by atoms with Crippen molar-refractivity contribution in [3.8, 4) is 0 Å². The molecule has 32 heavy (non-hydrogen) atoms. The summed E-state index contributed by atoms with van der Waals surface area (Å²) in [6, 6.07) is 14.6. The smallest absolute Gasteiger partial charge is 0.243 e. The molecule has 1 aliphatic carbocycles. The minimum Gasteiger partial charge on any atom is -0.339 e. The lowest BCUT2D eigenvalue weighted by molar-refractivity contribution is 0.102. The minimum atomic E-state index is -0.212. The largest absolute Gasteiger partial charge is 0.339 e. The molecular formula is C26H30FN3O2. The van der Waals surface area contributed by atoms with E-state index in [4.69, 9.17) is 4.52 Å². The summed E-state index contributed by atoms with van der Waals surface area (Å²) in [6.45, 7) is 1.95. The number of aromatic nitrogens is 2. The lowest BCUT2D eigenvalue weighted by Gasteiger charge is -2.37. The minimum absolute atomic E-state index is 0.123. The van der Waals surface area contributed by atoms with Crippen LogP contribution in [0.3, 0.4) is 0 Å². The highest BCUT2D eigenvalue weighted by Gasteiger charge is 2.31. The Kier molecular flexibility index (Phi) is 6.80. The molecule has 168 valence electrons. The van der Waals surface area contributed by atoms with Gasteiger partial charge in [-0.1, -0.05) is 41.1 Å². The van der Waals surface area contributed by atoms with Crippen LogP contribution in [0.2, 0.25) is 0 Å². The fourth-order valence-corrected chi connectivity index (χ4v) is 4.98. The van der Waals surface area contributed by atoms with E-state index >= 15 is 0 Å². The normalized spacial score (nSPS) is 19.8. The Bertz CT molecular complexity index is 1070. The fraction of sp³-hybridized carbons (Fsp3) is 0.423. The molecular weight excluding hydrogens is 405 g/mol. The predicted molar refractivity (Wildman–Crippen MR) is 121 cm³/mol. The molecule has 4 rings (SSSR count). The standard InChI is InChI=1S/C26H30FN3O2/c1-17-6-4-8-21(14-17)25(31)26-28-23(32-29-26)15-18-10-12-19(13-11-18)24(30(2)3)20-7-5-9-22(27)16-20/h4-9,14,16,18-19,24H,10-13,15H2,1-3H3. The van der Waals surface area contributed by atoms with E-state index in [1.165, 1.54) is 6.07 Å². The zero-order valence-electron chi connectivity index (χ0n) is 18.9. The average Bonchev–Trinajstić information content (AvgIpc) is 3.23. The second-order valence-corrected chi connectivity index (χ2v) is 9.16. The summed E-state index contributed by atoms with van der Waals surface area (Å²) in [5.74, 6) is 1.18. The number of carbonyl (C=O) groups is 1. The van der Waals surface area contributed by atoms with E-state index in [0.29, 0.717) is 29.7 Å². The molecule has 1 unspecified atom stereocenters. The molecule has 1 aliphatic rings. The first-order chi connectivity index (χ1) is 15.4. The van der Waals surface area contributed by atoms with Crippen LogP contribution in [0, 0.1) is 24.6 Å². The number of halogens is 1. The van der Waals surface area contributed by atoms with Gasteiger partial charge in [-0.05, 0) is 82.3 Å². The van der Waals surface area contributed by atoms with E-state index < -0.39 is 0 Å². The van der Waals surface area contributed by atoms with Gasteiger partial charge in [0.1, 0.15) is 5.82 Å². The van der Waals surface area contributed by atoms with Gasteiger partial charge < -0.3 is 9.42 Å². The molecule has 1 heterocycles. The van der Waals surface area contributed by atoms with Crippen molar-refractivity contribution in [2.75, 3.05) is 14.1 Å². The van der Waals surface area contributed by atoms with E-state index in [1.54, 1.807) is 18.2 Å². The van der Waals surface area contributed by atoms with Crippen molar-refractivity contribution < 1.29 is 13.7 Å². The number of ketones is 1. The van der Waals surface area contributed by atoms with Gasteiger partial charge >= 0.3 is 0 Å². The first-order valence-electron chi connectivity index (χ1n) is 11.3. The van der Waals surface area contributed by atoms with Crippen LogP contribution in [0.15, 0.2) is 53.1 Å². The van der Waals surface area contributed by atoms with E-state index in [2.05, 4.69) is 29.1 Å². The SMILES string of the molecule is Cc1cccc(C(=O)c2noc(CC3CCC(C(c4cccc(F)c4)N(C)C)CC3)n2)c1. The maximum atomic E-state index is 13.8. The first kappa shape index (κ1) is 22.3. The molecule has 1 saturated carbocycles. The van der Waals surface area contributed by atoms with Crippen LogP contribution in [-0.4, -0.2) is 34.9 Å². The Balaban J connectivity index is 1.36. The fourth-order valence-electron chi connectivity index (χ4n) is 4.98. The summed E-state index contributed by atoms with van der Waals surface area (Å²) in [4.78, 5) is 19.2. The van der Waals surface area contributed by atoms with Gasteiger partial charge in [-0.25, -0.2) is 4.39 Å². The van der Waals surface area contributed by atoms with E-state index in [0.717, 1.165) is 36.8 Å². The third-order valence-electron chi connectivity index (χ3n) is 6.50. The van der Waals surface area contributed by atoms with Crippen LogP contribution >= 0.6 is 0 Å². The summed E-state index contributed by atoms with van der Waals surface area (Å²) in [5.41, 5.74) is 2.63. The van der Waals surface area contributed by atoms with Gasteiger partial charge in [-0.15, -0.1) is 0 Å². The number of nitrogens with zero attached hydrogens (tertiary/aromatic N) is 3. The Morgan fingerprint density at radius 1 is 1.12 bits per heavy atom. The average molecular weight is 436 g/mol. The number of hydrogen-bond acceptors (Lipinski definition) is 5. The Morgan fingerprint density at radius 2 is 1.88 bits per heavy atom. The van der Waals surface area contributed by atoms with Crippen LogP contribution in [-0.2, 0) is 6.42 Å². The number of carbonyl (C=O) groups excluding carboxylic acids is 1. The lowest BCUT2D eigenvalue weighted by atomic mass is 9.75. The monoisotopic (exact) mass is 435 g/mol. The topological polar surface area (TPSA) is 59.2 Å². The summed E-state index contributed by atoms with van der Waals surface area (Å²) >= 11 is 0. The van der Waals surface area contributed by atoms with Crippen molar-refractivity contribution in [3.63, 3.8) is 0 Å². The highest BCUT2D eigenvalue weighted by molar-refractivity contribution is 6.06. The predicted octanol–water partition coefficient (Wildman–Crippen LogP) is 5.40. The molecule has 0 spiro atoms. The Morgan fingerprint density at radius 3 is 2.56 bits per heavy atom. The second kappa shape index (κ2) is 9.74. The lowest BCUT2D eigenvalue weighted by Crippen LogP contribution is -2.30. The molecule has 0 amide bonds. The van der Waals surface area contributed by atoms with Crippen molar-refractivity contribution >= 4 is 5.78 Å². The maximum absolute atomic E-state index is 13.8. The number of aryl methyl sites for hydroxylation is 1. The van der Waals surface area contributed by atoms with Crippen molar-refractivity contribution in [1.29, 1.82) is 0 Å². The van der Waals surface area contributed by atoms with Crippen molar-refractivity contribution in [1.82, 2.24) is 15.0 Å². The van der Waals surface area contributed by atoms with Crippen LogP contribution in [0.1, 0.15) is 64.9 Å². The third-order valence-corrected chi connectivity index (χ3v) is 6.50. The molecule has 1 atom stereocenters.